The number of hydrogen-bond acceptors (Lipinski definition) is 9. The molecule has 1 N–H and O–H groups in total. The summed E-state index contributed by atoms with van der Waals surface area (Å²) in [4.78, 5) is 37.0. The first kappa shape index (κ1) is 29.7. The molecule has 2 bridgehead atoms. The summed E-state index contributed by atoms with van der Waals surface area (Å²) in [5.41, 5.74) is 1.84. The van der Waals surface area contributed by atoms with Crippen LogP contribution in [-0.4, -0.2) is 107 Å². The molecule has 2 aliphatic rings. The topological polar surface area (TPSA) is 106 Å². The second kappa shape index (κ2) is 13.8. The summed E-state index contributed by atoms with van der Waals surface area (Å²) in [6.45, 7) is 7.36. The summed E-state index contributed by atoms with van der Waals surface area (Å²) in [6.07, 6.45) is 2.33. The number of pyridine rings is 1. The van der Waals surface area contributed by atoms with Crippen LogP contribution in [0.5, 0.6) is 17.2 Å². The summed E-state index contributed by atoms with van der Waals surface area (Å²) in [5.74, 6) is 2.77. The molecule has 1 saturated heterocycles. The minimum atomic E-state index is -0.114. The highest BCUT2D eigenvalue weighted by atomic mass is 16.5. The highest BCUT2D eigenvalue weighted by Crippen LogP contribution is 2.44. The summed E-state index contributed by atoms with van der Waals surface area (Å²) in [6, 6.07) is 4.05. The lowest BCUT2D eigenvalue weighted by molar-refractivity contribution is -0.136. The average molecular weight is 558 g/mol. The molecule has 11 nitrogen and oxygen atoms in total. The number of carbonyl (C=O) groups is 2. The van der Waals surface area contributed by atoms with Crippen LogP contribution in [0.2, 0.25) is 0 Å². The van der Waals surface area contributed by atoms with E-state index < -0.39 is 0 Å². The second-order valence-electron chi connectivity index (χ2n) is 10.4. The van der Waals surface area contributed by atoms with E-state index in [0.29, 0.717) is 55.9 Å². The van der Waals surface area contributed by atoms with E-state index in [2.05, 4.69) is 28.1 Å². The van der Waals surface area contributed by atoms with E-state index in [1.165, 1.54) is 7.11 Å². The van der Waals surface area contributed by atoms with Crippen molar-refractivity contribution >= 4 is 28.5 Å². The van der Waals surface area contributed by atoms with Gasteiger partial charge in [0, 0.05) is 76.4 Å². The molecule has 2 aromatic rings. The molecule has 220 valence electrons. The number of carbonyl (C=O) groups excluding carboxylic acids is 2. The van der Waals surface area contributed by atoms with E-state index in [1.807, 2.05) is 6.07 Å². The molecule has 2 aliphatic heterocycles. The standard InChI is InChI=1S/C29H43N5O6/c1-6-32-12-13-33(26(36)19-37-2)11-9-25(35)30-16-20-8-7-10-34(17-20)29-21(18-32)14-22-23(31-29)15-24(38-3)28(40-5)27(22)39-4/h14-15,20H,6-13,16-19H2,1-5H3,(H,30,35). The first-order chi connectivity index (χ1) is 19.4. The Bertz CT molecular complexity index is 1190. The number of likely N-dealkylation sites (N-methyl/N-ethyl adjacent to an activating group) is 1. The number of nitrogens with one attached hydrogen (secondary N) is 1. The summed E-state index contributed by atoms with van der Waals surface area (Å²) >= 11 is 0. The minimum absolute atomic E-state index is 0.00535. The van der Waals surface area contributed by atoms with Crippen LogP contribution in [0.4, 0.5) is 5.82 Å². The van der Waals surface area contributed by atoms with Crippen molar-refractivity contribution in [3.05, 3.63) is 17.7 Å². The van der Waals surface area contributed by atoms with Gasteiger partial charge >= 0.3 is 0 Å². The number of piperidine rings is 1. The number of fused-ring (bicyclic) bond motifs is 5. The smallest absolute Gasteiger partial charge is 0.248 e. The fourth-order valence-electron chi connectivity index (χ4n) is 5.65. The van der Waals surface area contributed by atoms with E-state index in [-0.39, 0.29) is 24.8 Å². The third-order valence-corrected chi connectivity index (χ3v) is 7.84. The van der Waals surface area contributed by atoms with Crippen LogP contribution in [0.25, 0.3) is 10.9 Å². The molecule has 1 unspecified atom stereocenters. The minimum Gasteiger partial charge on any atom is -0.493 e. The second-order valence-corrected chi connectivity index (χ2v) is 10.4. The van der Waals surface area contributed by atoms with Gasteiger partial charge in [0.05, 0.1) is 26.8 Å². The van der Waals surface area contributed by atoms with Crippen molar-refractivity contribution in [3.8, 4) is 17.2 Å². The van der Waals surface area contributed by atoms with E-state index >= 15 is 0 Å². The zero-order chi connectivity index (χ0) is 28.6. The van der Waals surface area contributed by atoms with Crippen molar-refractivity contribution in [1.82, 2.24) is 20.1 Å². The number of nitrogens with zero attached hydrogens (tertiary/aromatic N) is 4. The lowest BCUT2D eigenvalue weighted by Crippen LogP contribution is -2.43. The molecule has 1 aromatic carbocycles. The van der Waals surface area contributed by atoms with Crippen LogP contribution in [0.1, 0.15) is 31.7 Å². The summed E-state index contributed by atoms with van der Waals surface area (Å²) in [7, 11) is 6.34. The first-order valence-electron chi connectivity index (χ1n) is 14.1. The monoisotopic (exact) mass is 557 g/mol. The summed E-state index contributed by atoms with van der Waals surface area (Å²) < 4.78 is 22.2. The fraction of sp³-hybridized carbons (Fsp3) is 0.621. The number of rotatable bonds is 6. The van der Waals surface area contributed by atoms with E-state index in [4.69, 9.17) is 23.9 Å². The Balaban J connectivity index is 1.79. The molecule has 1 atom stereocenters. The molecule has 0 aliphatic carbocycles. The molecule has 11 heteroatoms. The van der Waals surface area contributed by atoms with Gasteiger partial charge in [-0.1, -0.05) is 6.92 Å². The van der Waals surface area contributed by atoms with Crippen LogP contribution in [0, 0.1) is 5.92 Å². The average Bonchev–Trinajstić information content (AvgIpc) is 2.97. The molecule has 40 heavy (non-hydrogen) atoms. The Morgan fingerprint density at radius 2 is 1.85 bits per heavy atom. The molecule has 0 radical (unpaired) electrons. The van der Waals surface area contributed by atoms with Crippen LogP contribution >= 0.6 is 0 Å². The Hall–Kier alpha value is -3.31. The normalized spacial score (nSPS) is 19.3. The largest absolute Gasteiger partial charge is 0.493 e. The van der Waals surface area contributed by atoms with Gasteiger partial charge < -0.3 is 34.1 Å². The van der Waals surface area contributed by atoms with Crippen molar-refractivity contribution < 1.29 is 28.5 Å². The van der Waals surface area contributed by atoms with Crippen molar-refractivity contribution in [3.63, 3.8) is 0 Å². The van der Waals surface area contributed by atoms with Gasteiger partial charge in [0.1, 0.15) is 12.4 Å². The highest BCUT2D eigenvalue weighted by molar-refractivity contribution is 5.92. The van der Waals surface area contributed by atoms with Crippen molar-refractivity contribution in [2.45, 2.75) is 32.7 Å². The maximum Gasteiger partial charge on any atom is 0.248 e. The van der Waals surface area contributed by atoms with Crippen molar-refractivity contribution in [2.75, 3.05) is 85.8 Å². The molecule has 0 spiro atoms. The van der Waals surface area contributed by atoms with E-state index in [0.717, 1.165) is 54.8 Å². The predicted molar refractivity (Wildman–Crippen MR) is 153 cm³/mol. The number of amides is 2. The fourth-order valence-corrected chi connectivity index (χ4v) is 5.65. The number of aromatic nitrogens is 1. The van der Waals surface area contributed by atoms with Gasteiger partial charge in [-0.15, -0.1) is 0 Å². The van der Waals surface area contributed by atoms with Crippen molar-refractivity contribution in [1.29, 1.82) is 0 Å². The molecular formula is C29H43N5O6. The number of anilines is 1. The molecule has 1 aromatic heterocycles. The maximum absolute atomic E-state index is 12.8. The summed E-state index contributed by atoms with van der Waals surface area (Å²) in [5, 5.41) is 3.96. The number of methoxy groups -OCH3 is 4. The Labute approximate surface area is 236 Å². The Morgan fingerprint density at radius 3 is 2.55 bits per heavy atom. The van der Waals surface area contributed by atoms with Gasteiger partial charge in [0.25, 0.3) is 0 Å². The highest BCUT2D eigenvalue weighted by Gasteiger charge is 2.27. The van der Waals surface area contributed by atoms with Gasteiger partial charge in [-0.2, -0.15) is 0 Å². The quantitative estimate of drug-likeness (QED) is 0.573. The van der Waals surface area contributed by atoms with Gasteiger partial charge in [-0.05, 0) is 31.4 Å². The van der Waals surface area contributed by atoms with Crippen LogP contribution in [0.3, 0.4) is 0 Å². The van der Waals surface area contributed by atoms with Crippen LogP contribution in [-0.2, 0) is 20.9 Å². The number of benzene rings is 1. The van der Waals surface area contributed by atoms with Crippen LogP contribution < -0.4 is 24.4 Å². The van der Waals surface area contributed by atoms with Gasteiger partial charge in [0.15, 0.2) is 11.5 Å². The predicted octanol–water partition coefficient (Wildman–Crippen LogP) is 2.29. The third-order valence-electron chi connectivity index (χ3n) is 7.84. The Kier molecular flexibility index (Phi) is 10.3. The van der Waals surface area contributed by atoms with E-state index in [9.17, 15) is 9.59 Å². The zero-order valence-corrected chi connectivity index (χ0v) is 24.5. The molecule has 0 saturated carbocycles. The third kappa shape index (κ3) is 6.69. The van der Waals surface area contributed by atoms with Gasteiger partial charge in [-0.3, -0.25) is 14.5 Å². The molecular weight excluding hydrogens is 514 g/mol. The van der Waals surface area contributed by atoms with Crippen molar-refractivity contribution in [2.24, 2.45) is 5.92 Å². The molecule has 3 heterocycles. The number of ether oxygens (including phenoxy) is 4. The Morgan fingerprint density at radius 1 is 1.05 bits per heavy atom. The lowest BCUT2D eigenvalue weighted by Gasteiger charge is -2.35. The maximum atomic E-state index is 12.8. The first-order valence-corrected chi connectivity index (χ1v) is 14.1. The van der Waals surface area contributed by atoms with Gasteiger partial charge in [0.2, 0.25) is 17.6 Å². The SMILES string of the molecule is CCN1CCN(C(=O)COC)CCC(=O)NCC2CCCN(C2)c2nc3cc(OC)c(OC)c(OC)c3cc2C1. The molecule has 2 amide bonds. The number of hydrogen-bond donors (Lipinski definition) is 1. The van der Waals surface area contributed by atoms with Gasteiger partial charge in [-0.25, -0.2) is 4.98 Å². The van der Waals surface area contributed by atoms with Crippen LogP contribution in [0.15, 0.2) is 12.1 Å². The lowest BCUT2D eigenvalue weighted by atomic mass is 9.97. The van der Waals surface area contributed by atoms with E-state index in [1.54, 1.807) is 26.2 Å². The molecule has 4 rings (SSSR count). The molecule has 1 fully saturated rings. The zero-order valence-electron chi connectivity index (χ0n) is 24.5.